The van der Waals surface area contributed by atoms with E-state index in [1.54, 1.807) is 0 Å². The maximum Gasteiger partial charge on any atom is 0.0840 e. The third kappa shape index (κ3) is 4.42. The number of rotatable bonds is 6. The Hall–Kier alpha value is -0.130. The molecule has 3 heteroatoms. The maximum atomic E-state index is 6.33. The van der Waals surface area contributed by atoms with Gasteiger partial charge >= 0.3 is 0 Å². The molecule has 1 aliphatic carbocycles. The van der Waals surface area contributed by atoms with Crippen LogP contribution in [-0.4, -0.2) is 25.3 Å². The molecule has 0 aliphatic heterocycles. The lowest BCUT2D eigenvalue weighted by molar-refractivity contribution is -0.0988. The summed E-state index contributed by atoms with van der Waals surface area (Å²) in [6.07, 6.45) is 6.03. The number of hydrogen-bond acceptors (Lipinski definition) is 2. The second kappa shape index (κ2) is 7.93. The van der Waals surface area contributed by atoms with Crippen LogP contribution in [0.1, 0.15) is 45.1 Å². The molecule has 0 aromatic heterocycles. The van der Waals surface area contributed by atoms with Crippen LogP contribution in [0.15, 0.2) is 24.3 Å². The molecule has 1 fully saturated rings. The fourth-order valence-electron chi connectivity index (χ4n) is 3.79. The summed E-state index contributed by atoms with van der Waals surface area (Å²) in [6, 6.07) is 9.27. The molecule has 1 aromatic carbocycles. The third-order valence-corrected chi connectivity index (χ3v) is 5.48. The van der Waals surface area contributed by atoms with Gasteiger partial charge in [0.25, 0.3) is 0 Å². The Morgan fingerprint density at radius 3 is 2.67 bits per heavy atom. The standard InChI is InChI=1S/C18H28INO/c1-4-21-18(11-5-6-14(2)13-18)17(20-3)12-15-7-9-16(19)10-8-15/h7-10,14,17,20H,4-6,11-13H2,1-3H3. The molecule has 0 spiro atoms. The van der Waals surface area contributed by atoms with Crippen LogP contribution in [0.3, 0.4) is 0 Å². The highest BCUT2D eigenvalue weighted by atomic mass is 127. The van der Waals surface area contributed by atoms with Gasteiger partial charge in [-0.15, -0.1) is 0 Å². The zero-order chi connectivity index (χ0) is 15.3. The van der Waals surface area contributed by atoms with E-state index in [0.29, 0.717) is 6.04 Å². The van der Waals surface area contributed by atoms with Gasteiger partial charge < -0.3 is 10.1 Å². The molecule has 1 N–H and O–H groups in total. The van der Waals surface area contributed by atoms with Crippen LogP contribution in [0.2, 0.25) is 0 Å². The zero-order valence-corrected chi connectivity index (χ0v) is 15.7. The monoisotopic (exact) mass is 401 g/mol. The van der Waals surface area contributed by atoms with Gasteiger partial charge in [0.15, 0.2) is 0 Å². The number of benzene rings is 1. The smallest absolute Gasteiger partial charge is 0.0840 e. The van der Waals surface area contributed by atoms with Crippen LogP contribution in [0, 0.1) is 9.49 Å². The summed E-state index contributed by atoms with van der Waals surface area (Å²) < 4.78 is 7.62. The van der Waals surface area contributed by atoms with Crippen molar-refractivity contribution in [1.82, 2.24) is 5.32 Å². The van der Waals surface area contributed by atoms with Crippen molar-refractivity contribution < 1.29 is 4.74 Å². The van der Waals surface area contributed by atoms with Crippen LogP contribution in [0.25, 0.3) is 0 Å². The van der Waals surface area contributed by atoms with E-state index in [0.717, 1.165) is 18.9 Å². The SMILES string of the molecule is CCOC1(C(Cc2ccc(I)cc2)NC)CCCC(C)C1. The lowest BCUT2D eigenvalue weighted by atomic mass is 9.73. The summed E-state index contributed by atoms with van der Waals surface area (Å²) in [4.78, 5) is 0. The Morgan fingerprint density at radius 2 is 2.10 bits per heavy atom. The molecule has 118 valence electrons. The second-order valence-electron chi connectivity index (χ2n) is 6.37. The molecule has 0 bridgehead atoms. The first kappa shape index (κ1) is 17.2. The van der Waals surface area contributed by atoms with Crippen molar-refractivity contribution >= 4 is 22.6 Å². The Balaban J connectivity index is 2.17. The number of hydrogen-bond donors (Lipinski definition) is 1. The van der Waals surface area contributed by atoms with E-state index in [1.807, 2.05) is 0 Å². The van der Waals surface area contributed by atoms with Gasteiger partial charge in [-0.3, -0.25) is 0 Å². The lowest BCUT2D eigenvalue weighted by Crippen LogP contribution is -2.55. The topological polar surface area (TPSA) is 21.3 Å². The van der Waals surface area contributed by atoms with Crippen molar-refractivity contribution in [1.29, 1.82) is 0 Å². The van der Waals surface area contributed by atoms with Crippen molar-refractivity contribution in [3.05, 3.63) is 33.4 Å². The van der Waals surface area contributed by atoms with Crippen LogP contribution in [-0.2, 0) is 11.2 Å². The molecular formula is C18H28INO. The van der Waals surface area contributed by atoms with E-state index in [-0.39, 0.29) is 5.60 Å². The number of halogens is 1. The van der Waals surface area contributed by atoms with Crippen molar-refractivity contribution in [2.45, 2.75) is 57.6 Å². The molecular weight excluding hydrogens is 373 g/mol. The van der Waals surface area contributed by atoms with E-state index in [4.69, 9.17) is 4.74 Å². The maximum absolute atomic E-state index is 6.33. The predicted molar refractivity (Wildman–Crippen MR) is 97.7 cm³/mol. The number of likely N-dealkylation sites (N-methyl/N-ethyl adjacent to an activating group) is 1. The van der Waals surface area contributed by atoms with Crippen molar-refractivity contribution in [3.63, 3.8) is 0 Å². The second-order valence-corrected chi connectivity index (χ2v) is 7.62. The van der Waals surface area contributed by atoms with Crippen molar-refractivity contribution in [2.24, 2.45) is 5.92 Å². The average Bonchev–Trinajstić information content (AvgIpc) is 2.47. The van der Waals surface area contributed by atoms with E-state index < -0.39 is 0 Å². The van der Waals surface area contributed by atoms with Crippen LogP contribution >= 0.6 is 22.6 Å². The first-order valence-corrected chi connectivity index (χ1v) is 9.23. The average molecular weight is 401 g/mol. The molecule has 0 amide bonds. The first-order chi connectivity index (χ1) is 10.1. The Bertz CT molecular complexity index is 429. The summed E-state index contributed by atoms with van der Waals surface area (Å²) in [5.74, 6) is 0.762. The van der Waals surface area contributed by atoms with Crippen LogP contribution in [0.5, 0.6) is 0 Å². The van der Waals surface area contributed by atoms with Gasteiger partial charge in [-0.25, -0.2) is 0 Å². The molecule has 0 saturated heterocycles. The molecule has 1 aliphatic rings. The van der Waals surface area contributed by atoms with Crippen molar-refractivity contribution in [2.75, 3.05) is 13.7 Å². The molecule has 0 radical (unpaired) electrons. The summed E-state index contributed by atoms with van der Waals surface area (Å²) >= 11 is 2.36. The number of ether oxygens (including phenoxy) is 1. The van der Waals surface area contributed by atoms with E-state index in [2.05, 4.69) is 73.1 Å². The minimum Gasteiger partial charge on any atom is -0.374 e. The fraction of sp³-hybridized carbons (Fsp3) is 0.667. The normalized spacial score (nSPS) is 27.5. The molecule has 1 saturated carbocycles. The van der Waals surface area contributed by atoms with Gasteiger partial charge in [-0.05, 0) is 79.4 Å². The van der Waals surface area contributed by atoms with Gasteiger partial charge in [-0.2, -0.15) is 0 Å². The molecule has 21 heavy (non-hydrogen) atoms. The predicted octanol–water partition coefficient (Wildman–Crippen LogP) is 4.41. The molecule has 3 atom stereocenters. The van der Waals surface area contributed by atoms with Gasteiger partial charge in [-0.1, -0.05) is 31.9 Å². The highest BCUT2D eigenvalue weighted by molar-refractivity contribution is 14.1. The van der Waals surface area contributed by atoms with E-state index in [9.17, 15) is 0 Å². The summed E-state index contributed by atoms with van der Waals surface area (Å²) in [7, 11) is 2.08. The van der Waals surface area contributed by atoms with Crippen molar-refractivity contribution in [3.8, 4) is 0 Å². The quantitative estimate of drug-likeness (QED) is 0.714. The van der Waals surface area contributed by atoms with Gasteiger partial charge in [0.1, 0.15) is 0 Å². The molecule has 2 rings (SSSR count). The Kier molecular flexibility index (Phi) is 6.51. The Labute approximate surface area is 143 Å². The summed E-state index contributed by atoms with van der Waals surface area (Å²) in [5, 5.41) is 3.55. The molecule has 1 aromatic rings. The minimum absolute atomic E-state index is 0.00413. The molecule has 0 heterocycles. The summed E-state index contributed by atoms with van der Waals surface area (Å²) in [6.45, 7) is 5.29. The highest BCUT2D eigenvalue weighted by Crippen LogP contribution is 2.38. The minimum atomic E-state index is 0.00413. The van der Waals surface area contributed by atoms with E-state index in [1.165, 1.54) is 34.8 Å². The van der Waals surface area contributed by atoms with Gasteiger partial charge in [0.2, 0.25) is 0 Å². The summed E-state index contributed by atoms with van der Waals surface area (Å²) in [5.41, 5.74) is 1.40. The zero-order valence-electron chi connectivity index (χ0n) is 13.5. The number of nitrogens with one attached hydrogen (secondary N) is 1. The lowest BCUT2D eigenvalue weighted by Gasteiger charge is -2.45. The largest absolute Gasteiger partial charge is 0.374 e. The van der Waals surface area contributed by atoms with E-state index >= 15 is 0 Å². The molecule has 2 nitrogen and oxygen atoms in total. The Morgan fingerprint density at radius 1 is 1.38 bits per heavy atom. The fourth-order valence-corrected chi connectivity index (χ4v) is 4.15. The molecule has 3 unspecified atom stereocenters. The highest BCUT2D eigenvalue weighted by Gasteiger charge is 2.41. The third-order valence-electron chi connectivity index (χ3n) is 4.76. The van der Waals surface area contributed by atoms with Crippen LogP contribution in [0.4, 0.5) is 0 Å². The van der Waals surface area contributed by atoms with Gasteiger partial charge in [0.05, 0.1) is 5.60 Å². The van der Waals surface area contributed by atoms with Crippen LogP contribution < -0.4 is 5.32 Å². The first-order valence-electron chi connectivity index (χ1n) is 8.15. The van der Waals surface area contributed by atoms with Gasteiger partial charge in [0, 0.05) is 16.2 Å².